The topological polar surface area (TPSA) is 205 Å². The van der Waals surface area contributed by atoms with Crippen LogP contribution in [0.3, 0.4) is 0 Å². The number of phenolic OH excluding ortho intramolecular Hbond substituents is 3. The molecule has 2 aromatic heterocycles. The Labute approximate surface area is 350 Å². The molecule has 61 heavy (non-hydrogen) atoms. The summed E-state index contributed by atoms with van der Waals surface area (Å²) in [6.07, 6.45) is 2.48. The van der Waals surface area contributed by atoms with Crippen LogP contribution < -0.4 is 20.4 Å². The summed E-state index contributed by atoms with van der Waals surface area (Å²) in [4.78, 5) is 41.3. The minimum Gasteiger partial charge on any atom is -0.508 e. The molecular weight excluding hydrogens is 784 g/mol. The molecule has 0 aliphatic carbocycles. The van der Waals surface area contributed by atoms with Crippen molar-refractivity contribution in [3.05, 3.63) is 108 Å². The first-order valence-electron chi connectivity index (χ1n) is 20.0. The Balaban J connectivity index is 0.950. The molecule has 17 heteroatoms. The molecule has 314 valence electrons. The second-order valence-corrected chi connectivity index (χ2v) is 14.9. The minimum absolute atomic E-state index is 0.0348. The Bertz CT molecular complexity index is 2660. The van der Waals surface area contributed by atoms with Gasteiger partial charge >= 0.3 is 6.01 Å². The first-order chi connectivity index (χ1) is 29.5. The van der Waals surface area contributed by atoms with Gasteiger partial charge in [0.05, 0.1) is 23.5 Å². The van der Waals surface area contributed by atoms with Gasteiger partial charge in [-0.25, -0.2) is 13.9 Å². The van der Waals surface area contributed by atoms with E-state index in [9.17, 15) is 30.0 Å². The van der Waals surface area contributed by atoms with Crippen molar-refractivity contribution in [3.8, 4) is 40.3 Å². The quantitative estimate of drug-likeness (QED) is 0.0909. The SMILES string of the molecule is C=CC(=O)N1CCN(c2nc(NCCC(=O)NCc3ccc(-n4c(O)nnc4-c4cc(CC)c(O)cc4O)cc3F)nc3c2CCN(c2cc(O)cc4ccccc24)C3)CC1. The van der Waals surface area contributed by atoms with Gasteiger partial charge in [0.2, 0.25) is 17.8 Å². The van der Waals surface area contributed by atoms with Gasteiger partial charge < -0.3 is 45.8 Å². The number of anilines is 3. The van der Waals surface area contributed by atoms with E-state index >= 15 is 4.39 Å². The van der Waals surface area contributed by atoms with E-state index in [-0.39, 0.29) is 71.2 Å². The van der Waals surface area contributed by atoms with Crippen LogP contribution in [0.25, 0.3) is 27.8 Å². The van der Waals surface area contributed by atoms with Crippen LogP contribution in [-0.4, -0.2) is 101 Å². The number of aromatic nitrogens is 5. The average molecular weight is 829 g/mol. The van der Waals surface area contributed by atoms with E-state index in [4.69, 9.17) is 9.97 Å². The molecule has 2 aliphatic heterocycles. The third kappa shape index (κ3) is 8.26. The first-order valence-corrected chi connectivity index (χ1v) is 20.0. The number of carbonyl (C=O) groups excluding carboxylic acids is 2. The number of hydrogen-bond donors (Lipinski definition) is 6. The summed E-state index contributed by atoms with van der Waals surface area (Å²) in [7, 11) is 0. The predicted octanol–water partition coefficient (Wildman–Crippen LogP) is 4.92. The lowest BCUT2D eigenvalue weighted by Crippen LogP contribution is -2.49. The average Bonchev–Trinajstić information content (AvgIpc) is 3.65. The molecule has 0 saturated carbocycles. The number of nitrogens with zero attached hydrogens (tertiary/aromatic N) is 8. The van der Waals surface area contributed by atoms with Crippen LogP contribution in [-0.2, 0) is 35.5 Å². The van der Waals surface area contributed by atoms with Crippen molar-refractivity contribution in [1.29, 1.82) is 0 Å². The highest BCUT2D eigenvalue weighted by Gasteiger charge is 2.29. The number of amides is 2. The molecule has 0 unspecified atom stereocenters. The second kappa shape index (κ2) is 17.0. The number of fused-ring (bicyclic) bond motifs is 2. The Kier molecular flexibility index (Phi) is 11.3. The summed E-state index contributed by atoms with van der Waals surface area (Å²) < 4.78 is 16.7. The minimum atomic E-state index is -0.656. The smallest absolute Gasteiger partial charge is 0.319 e. The molecule has 4 aromatic carbocycles. The molecule has 6 N–H and O–H groups in total. The molecule has 0 radical (unpaired) electrons. The van der Waals surface area contributed by atoms with Gasteiger partial charge in [0.1, 0.15) is 28.9 Å². The van der Waals surface area contributed by atoms with Crippen LogP contribution in [0, 0.1) is 5.82 Å². The van der Waals surface area contributed by atoms with Crippen molar-refractivity contribution in [2.75, 3.05) is 54.4 Å². The zero-order valence-corrected chi connectivity index (χ0v) is 33.5. The van der Waals surface area contributed by atoms with E-state index < -0.39 is 11.8 Å². The molecule has 0 spiro atoms. The number of aromatic hydroxyl groups is 4. The molecule has 4 heterocycles. The third-order valence-electron chi connectivity index (χ3n) is 11.1. The fraction of sp³-hybridized carbons (Fsp3) is 0.273. The number of hydrogen-bond acceptors (Lipinski definition) is 13. The molecule has 0 bridgehead atoms. The Morgan fingerprint density at radius 3 is 2.46 bits per heavy atom. The van der Waals surface area contributed by atoms with Gasteiger partial charge in [-0.05, 0) is 54.1 Å². The highest BCUT2D eigenvalue weighted by atomic mass is 19.1. The summed E-state index contributed by atoms with van der Waals surface area (Å²) in [6, 6.07) is 17.8. The lowest BCUT2D eigenvalue weighted by molar-refractivity contribution is -0.126. The van der Waals surface area contributed by atoms with Crippen LogP contribution >= 0.6 is 0 Å². The van der Waals surface area contributed by atoms with Crippen molar-refractivity contribution < 1.29 is 34.4 Å². The van der Waals surface area contributed by atoms with E-state index in [1.54, 1.807) is 17.0 Å². The fourth-order valence-corrected chi connectivity index (χ4v) is 7.92. The second-order valence-electron chi connectivity index (χ2n) is 14.9. The van der Waals surface area contributed by atoms with Gasteiger partial charge in [-0.1, -0.05) is 48.9 Å². The molecular formula is C44H45FN10O6. The van der Waals surface area contributed by atoms with E-state index in [0.717, 1.165) is 33.5 Å². The van der Waals surface area contributed by atoms with E-state index in [1.807, 2.05) is 31.2 Å². The van der Waals surface area contributed by atoms with Gasteiger partial charge in [0, 0.05) is 86.6 Å². The number of phenols is 3. The van der Waals surface area contributed by atoms with Crippen LogP contribution in [0.1, 0.15) is 35.7 Å². The lowest BCUT2D eigenvalue weighted by atomic mass is 10.0. The summed E-state index contributed by atoms with van der Waals surface area (Å²) in [5.41, 5.74) is 3.83. The summed E-state index contributed by atoms with van der Waals surface area (Å²) in [6.45, 7) is 8.86. The number of halogens is 1. The summed E-state index contributed by atoms with van der Waals surface area (Å²) >= 11 is 0. The normalized spacial score (nSPS) is 13.9. The number of carbonyl (C=O) groups is 2. The van der Waals surface area contributed by atoms with Gasteiger partial charge in [0.25, 0.3) is 0 Å². The van der Waals surface area contributed by atoms with Crippen LogP contribution in [0.15, 0.2) is 79.4 Å². The molecule has 2 aliphatic rings. The third-order valence-corrected chi connectivity index (χ3v) is 11.1. The molecule has 2 amide bonds. The zero-order valence-electron chi connectivity index (χ0n) is 33.5. The van der Waals surface area contributed by atoms with Gasteiger partial charge in [0.15, 0.2) is 5.82 Å². The van der Waals surface area contributed by atoms with E-state index in [0.29, 0.717) is 63.6 Å². The largest absolute Gasteiger partial charge is 0.508 e. The zero-order chi connectivity index (χ0) is 42.8. The molecule has 1 saturated heterocycles. The molecule has 8 rings (SSSR count). The van der Waals surface area contributed by atoms with Gasteiger partial charge in [-0.2, -0.15) is 4.98 Å². The molecule has 0 atom stereocenters. The van der Waals surface area contributed by atoms with Crippen LogP contribution in [0.4, 0.5) is 21.8 Å². The molecule has 6 aromatic rings. The van der Waals surface area contributed by atoms with E-state index in [1.165, 1.54) is 41.0 Å². The number of benzene rings is 4. The predicted molar refractivity (Wildman–Crippen MR) is 227 cm³/mol. The van der Waals surface area contributed by atoms with Gasteiger partial charge in [-0.15, -0.1) is 5.10 Å². The number of nitrogens with one attached hydrogen (secondary N) is 2. The number of aryl methyl sites for hydroxylation is 1. The van der Waals surface area contributed by atoms with Crippen molar-refractivity contribution in [2.24, 2.45) is 0 Å². The maximum Gasteiger partial charge on any atom is 0.319 e. The molecule has 1 fully saturated rings. The maximum atomic E-state index is 15.5. The molecule has 16 nitrogen and oxygen atoms in total. The van der Waals surface area contributed by atoms with Crippen molar-refractivity contribution in [3.63, 3.8) is 0 Å². The lowest BCUT2D eigenvalue weighted by Gasteiger charge is -2.38. The van der Waals surface area contributed by atoms with Crippen molar-refractivity contribution in [2.45, 2.75) is 39.3 Å². The number of rotatable bonds is 12. The fourth-order valence-electron chi connectivity index (χ4n) is 7.92. The Morgan fingerprint density at radius 2 is 1.69 bits per heavy atom. The van der Waals surface area contributed by atoms with E-state index in [2.05, 4.69) is 37.2 Å². The van der Waals surface area contributed by atoms with Crippen LogP contribution in [0.2, 0.25) is 0 Å². The van der Waals surface area contributed by atoms with Gasteiger partial charge in [-0.3, -0.25) is 9.59 Å². The van der Waals surface area contributed by atoms with Crippen molar-refractivity contribution >= 4 is 40.0 Å². The standard InChI is InChI=1S/C44H45FN10O6/c1-3-26-20-33(38(58)23-37(26)57)42-50-51-44(61)55(42)29-10-9-28(34(45)21-29)24-47-39(59)11-13-46-43-48-35-25-54(36-22-30(56)19-27-7-5-6-8-31(27)36)14-12-32(35)41(49-43)53-17-15-52(16-18-53)40(60)4-2/h4-10,19-23,56-58H,2-3,11-18,24-25H2,1H3,(H,47,59)(H,51,61)(H,46,48,49). The monoisotopic (exact) mass is 828 g/mol. The maximum absolute atomic E-state index is 15.5. The Morgan fingerprint density at radius 1 is 0.885 bits per heavy atom. The Hall–Kier alpha value is -7.43. The highest BCUT2D eigenvalue weighted by molar-refractivity contribution is 5.96. The van der Waals surface area contributed by atoms with Crippen LogP contribution in [0.5, 0.6) is 23.3 Å². The summed E-state index contributed by atoms with van der Waals surface area (Å²) in [5.74, 6) is -0.154. The van der Waals surface area contributed by atoms with Crippen molar-refractivity contribution in [1.82, 2.24) is 34.9 Å². The number of piperazine rings is 1. The summed E-state index contributed by atoms with van der Waals surface area (Å²) in [5, 5.41) is 57.4. The first kappa shape index (κ1) is 40.4. The highest BCUT2D eigenvalue weighted by Crippen LogP contribution is 2.38.